The molecule has 0 aromatic heterocycles. The first kappa shape index (κ1) is 18.6. The second-order valence-electron chi connectivity index (χ2n) is 6.39. The van der Waals surface area contributed by atoms with E-state index in [1.807, 2.05) is 25.1 Å². The van der Waals surface area contributed by atoms with Crippen LogP contribution < -0.4 is 10.5 Å². The molecule has 1 atom stereocenters. The molecule has 0 unspecified atom stereocenters. The number of primary sulfonamides is 1. The fourth-order valence-electron chi connectivity index (χ4n) is 2.60. The van der Waals surface area contributed by atoms with Crippen LogP contribution in [0.15, 0.2) is 30.3 Å². The van der Waals surface area contributed by atoms with Crippen LogP contribution in [0.5, 0.6) is 0 Å². The molecule has 0 aliphatic rings. The lowest BCUT2D eigenvalue weighted by Crippen LogP contribution is -2.37. The fourth-order valence-corrected chi connectivity index (χ4v) is 3.15. The number of carbonyl (C=O) groups is 1. The Morgan fingerprint density at radius 2 is 1.86 bits per heavy atom. The molecule has 124 valence electrons. The SMILES string of the molecule is C[C@@H](CC(C)(C)c1ccccc1)NC(=O)CCCS(N)(=O)=O. The van der Waals surface area contributed by atoms with Crippen molar-refractivity contribution in [3.8, 4) is 0 Å². The minimum absolute atomic E-state index is 0.0113. The highest BCUT2D eigenvalue weighted by Crippen LogP contribution is 2.28. The smallest absolute Gasteiger partial charge is 0.220 e. The van der Waals surface area contributed by atoms with E-state index in [0.29, 0.717) is 0 Å². The summed E-state index contributed by atoms with van der Waals surface area (Å²) in [5.41, 5.74) is 1.18. The van der Waals surface area contributed by atoms with Crippen LogP contribution in [-0.4, -0.2) is 26.1 Å². The first-order valence-corrected chi connectivity index (χ1v) is 9.17. The summed E-state index contributed by atoms with van der Waals surface area (Å²) in [6.07, 6.45) is 1.23. The van der Waals surface area contributed by atoms with E-state index in [1.54, 1.807) is 0 Å². The Morgan fingerprint density at radius 3 is 2.41 bits per heavy atom. The van der Waals surface area contributed by atoms with E-state index < -0.39 is 10.0 Å². The van der Waals surface area contributed by atoms with Gasteiger partial charge >= 0.3 is 0 Å². The summed E-state index contributed by atoms with van der Waals surface area (Å²) < 4.78 is 21.7. The van der Waals surface area contributed by atoms with Gasteiger partial charge in [0.05, 0.1) is 5.75 Å². The molecule has 22 heavy (non-hydrogen) atoms. The zero-order chi connectivity index (χ0) is 16.8. The van der Waals surface area contributed by atoms with Crippen LogP contribution in [0.4, 0.5) is 0 Å². The molecule has 0 fully saturated rings. The van der Waals surface area contributed by atoms with Crippen LogP contribution in [-0.2, 0) is 20.2 Å². The van der Waals surface area contributed by atoms with Gasteiger partial charge in [0, 0.05) is 12.5 Å². The summed E-state index contributed by atoms with van der Waals surface area (Å²) >= 11 is 0. The number of hydrogen-bond acceptors (Lipinski definition) is 3. The molecule has 0 saturated carbocycles. The van der Waals surface area contributed by atoms with E-state index >= 15 is 0 Å². The van der Waals surface area contributed by atoms with E-state index in [-0.39, 0.29) is 36.0 Å². The van der Waals surface area contributed by atoms with Gasteiger partial charge in [-0.25, -0.2) is 13.6 Å². The van der Waals surface area contributed by atoms with Gasteiger partial charge in [-0.15, -0.1) is 0 Å². The minimum Gasteiger partial charge on any atom is -0.354 e. The lowest BCUT2D eigenvalue weighted by Gasteiger charge is -2.29. The number of rotatable bonds is 8. The summed E-state index contributed by atoms with van der Waals surface area (Å²) in [4.78, 5) is 11.8. The molecule has 3 N–H and O–H groups in total. The van der Waals surface area contributed by atoms with E-state index in [9.17, 15) is 13.2 Å². The quantitative estimate of drug-likeness (QED) is 0.765. The number of amides is 1. The Hall–Kier alpha value is -1.40. The number of benzene rings is 1. The average molecular weight is 326 g/mol. The molecule has 1 rings (SSSR count). The molecule has 0 heterocycles. The highest BCUT2D eigenvalue weighted by Gasteiger charge is 2.23. The van der Waals surface area contributed by atoms with Crippen molar-refractivity contribution in [2.75, 3.05) is 5.75 Å². The maximum Gasteiger partial charge on any atom is 0.220 e. The second-order valence-corrected chi connectivity index (χ2v) is 8.13. The lowest BCUT2D eigenvalue weighted by atomic mass is 9.79. The molecule has 0 saturated heterocycles. The highest BCUT2D eigenvalue weighted by atomic mass is 32.2. The van der Waals surface area contributed by atoms with Crippen molar-refractivity contribution in [2.24, 2.45) is 5.14 Å². The number of carbonyl (C=O) groups excluding carboxylic acids is 1. The van der Waals surface area contributed by atoms with Crippen molar-refractivity contribution in [1.82, 2.24) is 5.32 Å². The van der Waals surface area contributed by atoms with Crippen LogP contribution >= 0.6 is 0 Å². The molecule has 0 spiro atoms. The highest BCUT2D eigenvalue weighted by molar-refractivity contribution is 7.89. The molecular formula is C16H26N2O3S. The van der Waals surface area contributed by atoms with Gasteiger partial charge in [0.25, 0.3) is 0 Å². The van der Waals surface area contributed by atoms with Crippen molar-refractivity contribution in [3.05, 3.63) is 35.9 Å². The Morgan fingerprint density at radius 1 is 1.27 bits per heavy atom. The largest absolute Gasteiger partial charge is 0.354 e. The normalized spacial score (nSPS) is 13.6. The van der Waals surface area contributed by atoms with Crippen molar-refractivity contribution >= 4 is 15.9 Å². The molecule has 0 bridgehead atoms. The van der Waals surface area contributed by atoms with Gasteiger partial charge in [-0.2, -0.15) is 0 Å². The van der Waals surface area contributed by atoms with Crippen LogP contribution in [0.25, 0.3) is 0 Å². The van der Waals surface area contributed by atoms with Crippen molar-refractivity contribution < 1.29 is 13.2 Å². The van der Waals surface area contributed by atoms with Crippen molar-refractivity contribution in [2.45, 2.75) is 51.5 Å². The fraction of sp³-hybridized carbons (Fsp3) is 0.562. The number of hydrogen-bond donors (Lipinski definition) is 2. The Balaban J connectivity index is 2.45. The summed E-state index contributed by atoms with van der Waals surface area (Å²) in [5, 5.41) is 7.83. The minimum atomic E-state index is -3.49. The van der Waals surface area contributed by atoms with Gasteiger partial charge in [0.15, 0.2) is 0 Å². The summed E-state index contributed by atoms with van der Waals surface area (Å²) in [6.45, 7) is 6.25. The third kappa shape index (κ3) is 7.04. The number of nitrogens with two attached hydrogens (primary N) is 1. The van der Waals surface area contributed by atoms with Gasteiger partial charge in [0.2, 0.25) is 15.9 Å². The Bertz CT molecular complexity index is 583. The third-order valence-electron chi connectivity index (χ3n) is 3.61. The topological polar surface area (TPSA) is 89.3 Å². The van der Waals surface area contributed by atoms with Gasteiger partial charge < -0.3 is 5.32 Å². The summed E-state index contributed by atoms with van der Waals surface area (Å²) in [6, 6.07) is 10.2. The van der Waals surface area contributed by atoms with Gasteiger partial charge in [-0.05, 0) is 30.7 Å². The molecule has 6 heteroatoms. The molecular weight excluding hydrogens is 300 g/mol. The number of nitrogens with one attached hydrogen (secondary N) is 1. The predicted molar refractivity (Wildman–Crippen MR) is 88.9 cm³/mol. The monoisotopic (exact) mass is 326 g/mol. The molecule has 1 aromatic rings. The van der Waals surface area contributed by atoms with E-state index in [1.165, 1.54) is 5.56 Å². The number of sulfonamides is 1. The Kier molecular flexibility index (Phi) is 6.56. The average Bonchev–Trinajstić information content (AvgIpc) is 2.37. The van der Waals surface area contributed by atoms with Gasteiger partial charge in [0.1, 0.15) is 0 Å². The van der Waals surface area contributed by atoms with E-state index in [4.69, 9.17) is 5.14 Å². The maximum atomic E-state index is 11.8. The first-order valence-electron chi connectivity index (χ1n) is 7.45. The zero-order valence-electron chi connectivity index (χ0n) is 13.5. The van der Waals surface area contributed by atoms with Crippen LogP contribution in [0.1, 0.15) is 45.6 Å². The third-order valence-corrected chi connectivity index (χ3v) is 4.47. The molecule has 5 nitrogen and oxygen atoms in total. The molecule has 0 aliphatic carbocycles. The van der Waals surface area contributed by atoms with Gasteiger partial charge in [-0.3, -0.25) is 4.79 Å². The summed E-state index contributed by atoms with van der Waals surface area (Å²) in [5.74, 6) is -0.301. The maximum absolute atomic E-state index is 11.8. The molecule has 0 aliphatic heterocycles. The Labute approximate surface area is 133 Å². The van der Waals surface area contributed by atoms with Crippen molar-refractivity contribution in [1.29, 1.82) is 0 Å². The van der Waals surface area contributed by atoms with E-state index in [0.717, 1.165) is 6.42 Å². The second kappa shape index (κ2) is 7.74. The van der Waals surface area contributed by atoms with Crippen LogP contribution in [0.3, 0.4) is 0 Å². The lowest BCUT2D eigenvalue weighted by molar-refractivity contribution is -0.121. The van der Waals surface area contributed by atoms with Crippen LogP contribution in [0.2, 0.25) is 0 Å². The standard InChI is InChI=1S/C16H26N2O3S/c1-13(18-15(19)10-7-11-22(17,20)21)12-16(2,3)14-8-5-4-6-9-14/h4-6,8-9,13H,7,10-12H2,1-3H3,(H,18,19)(H2,17,20,21)/t13-/m0/s1. The van der Waals surface area contributed by atoms with Gasteiger partial charge in [-0.1, -0.05) is 44.2 Å². The molecule has 0 radical (unpaired) electrons. The van der Waals surface area contributed by atoms with Crippen LogP contribution in [0, 0.1) is 0 Å². The first-order chi connectivity index (χ1) is 10.1. The van der Waals surface area contributed by atoms with E-state index in [2.05, 4.69) is 31.3 Å². The zero-order valence-corrected chi connectivity index (χ0v) is 14.3. The predicted octanol–water partition coefficient (Wildman–Crippen LogP) is 1.93. The summed E-state index contributed by atoms with van der Waals surface area (Å²) in [7, 11) is -3.49. The molecule has 1 amide bonds. The molecule has 1 aromatic carbocycles. The van der Waals surface area contributed by atoms with Crippen molar-refractivity contribution in [3.63, 3.8) is 0 Å².